The summed E-state index contributed by atoms with van der Waals surface area (Å²) >= 11 is 5.81. The molecule has 2 aliphatic rings. The number of halogens is 2. The molecule has 6 rings (SSSR count). The second kappa shape index (κ2) is 10.3. The number of hydrogen-bond donors (Lipinski definition) is 0. The molecule has 0 radical (unpaired) electrons. The summed E-state index contributed by atoms with van der Waals surface area (Å²) in [6, 6.07) is 10.9. The molecular weight excluding hydrogens is 495 g/mol. The van der Waals surface area contributed by atoms with Crippen LogP contribution in [0.15, 0.2) is 53.2 Å². The highest BCUT2D eigenvalue weighted by Crippen LogP contribution is 2.27. The van der Waals surface area contributed by atoms with Crippen molar-refractivity contribution in [1.29, 1.82) is 0 Å². The maximum absolute atomic E-state index is 14.0. The summed E-state index contributed by atoms with van der Waals surface area (Å²) in [6.45, 7) is 6.25. The van der Waals surface area contributed by atoms with E-state index in [2.05, 4.69) is 45.6 Å². The zero-order valence-electron chi connectivity index (χ0n) is 20.6. The van der Waals surface area contributed by atoms with Gasteiger partial charge in [-0.15, -0.1) is 0 Å². The number of imidazole rings is 1. The Balaban J connectivity index is 1.11. The Morgan fingerprint density at radius 1 is 1.19 bits per heavy atom. The molecule has 0 saturated carbocycles. The first-order chi connectivity index (χ1) is 18.0. The molecule has 2 aromatic carbocycles. The lowest BCUT2D eigenvalue weighted by molar-refractivity contribution is -0.0591. The predicted octanol–water partition coefficient (Wildman–Crippen LogP) is 5.78. The highest BCUT2D eigenvalue weighted by atomic mass is 35.5. The number of hydrogen-bond acceptors (Lipinski definition) is 6. The van der Waals surface area contributed by atoms with Gasteiger partial charge in [-0.1, -0.05) is 29.8 Å². The normalized spacial score (nSPS) is 18.1. The van der Waals surface area contributed by atoms with Crippen LogP contribution in [0.4, 0.5) is 4.39 Å². The van der Waals surface area contributed by atoms with E-state index in [4.69, 9.17) is 30.5 Å². The summed E-state index contributed by atoms with van der Waals surface area (Å²) < 4.78 is 33.1. The number of aryl methyl sites for hydroxylation is 1. The van der Waals surface area contributed by atoms with Gasteiger partial charge in [-0.3, -0.25) is 4.90 Å². The van der Waals surface area contributed by atoms with Crippen molar-refractivity contribution >= 4 is 28.2 Å². The summed E-state index contributed by atoms with van der Waals surface area (Å²) in [5, 5.41) is 0.345. The van der Waals surface area contributed by atoms with Crippen LogP contribution in [0, 0.1) is 12.7 Å². The number of fused-ring (bicyclic) bond motifs is 1. The first-order valence-corrected chi connectivity index (χ1v) is 12.9. The van der Waals surface area contributed by atoms with Gasteiger partial charge in [-0.25, -0.2) is 9.37 Å². The minimum atomic E-state index is -0.418. The van der Waals surface area contributed by atoms with Crippen LogP contribution in [0.25, 0.3) is 16.6 Å². The molecule has 1 atom stereocenters. The fourth-order valence-electron chi connectivity index (χ4n) is 4.78. The molecule has 2 aliphatic heterocycles. The van der Waals surface area contributed by atoms with E-state index in [-0.39, 0.29) is 18.8 Å². The number of rotatable bonds is 8. The Kier molecular flexibility index (Phi) is 6.71. The molecule has 4 heterocycles. The zero-order chi connectivity index (χ0) is 25.4. The van der Waals surface area contributed by atoms with Crippen LogP contribution in [0.1, 0.15) is 35.5 Å². The van der Waals surface area contributed by atoms with E-state index in [0.717, 1.165) is 68.2 Å². The van der Waals surface area contributed by atoms with Gasteiger partial charge in [0.25, 0.3) is 0 Å². The third-order valence-electron chi connectivity index (χ3n) is 7.00. The molecule has 0 spiro atoms. The van der Waals surface area contributed by atoms with Crippen molar-refractivity contribution in [3.63, 3.8) is 0 Å². The average Bonchev–Trinajstić information content (AvgIpc) is 3.46. The van der Waals surface area contributed by atoms with Gasteiger partial charge in [0, 0.05) is 30.3 Å². The van der Waals surface area contributed by atoms with E-state index in [9.17, 15) is 4.39 Å². The van der Waals surface area contributed by atoms with Crippen molar-refractivity contribution in [2.75, 3.05) is 19.7 Å². The topological polar surface area (TPSA) is 65.5 Å². The van der Waals surface area contributed by atoms with Crippen LogP contribution in [0.2, 0.25) is 5.02 Å². The van der Waals surface area contributed by atoms with Crippen LogP contribution >= 0.6 is 11.6 Å². The summed E-state index contributed by atoms with van der Waals surface area (Å²) in [4.78, 5) is 11.8. The van der Waals surface area contributed by atoms with Crippen molar-refractivity contribution in [3.05, 3.63) is 82.2 Å². The van der Waals surface area contributed by atoms with Crippen molar-refractivity contribution in [1.82, 2.24) is 19.4 Å². The lowest BCUT2D eigenvalue weighted by Crippen LogP contribution is -2.33. The minimum Gasteiger partial charge on any atom is -0.445 e. The molecule has 1 unspecified atom stereocenters. The highest BCUT2D eigenvalue weighted by Gasteiger charge is 2.24. The van der Waals surface area contributed by atoms with E-state index >= 15 is 0 Å². The van der Waals surface area contributed by atoms with E-state index in [0.29, 0.717) is 10.6 Å². The maximum atomic E-state index is 14.0. The van der Waals surface area contributed by atoms with Crippen molar-refractivity contribution in [3.8, 4) is 6.08 Å². The van der Waals surface area contributed by atoms with E-state index in [1.807, 2.05) is 0 Å². The van der Waals surface area contributed by atoms with Crippen LogP contribution in [-0.2, 0) is 24.4 Å². The molecule has 7 nitrogen and oxygen atoms in total. The monoisotopic (exact) mass is 522 g/mol. The highest BCUT2D eigenvalue weighted by molar-refractivity contribution is 6.30. The van der Waals surface area contributed by atoms with Crippen molar-refractivity contribution in [2.45, 2.75) is 45.6 Å². The summed E-state index contributed by atoms with van der Waals surface area (Å²) in [7, 11) is 0. The molecule has 1 fully saturated rings. The molecule has 192 valence electrons. The van der Waals surface area contributed by atoms with E-state index in [1.165, 1.54) is 17.1 Å². The quantitative estimate of drug-likeness (QED) is 0.292. The Labute approximate surface area is 219 Å². The Morgan fingerprint density at radius 2 is 2.08 bits per heavy atom. The van der Waals surface area contributed by atoms with Gasteiger partial charge in [-0.2, -0.15) is 4.98 Å². The Morgan fingerprint density at radius 3 is 2.84 bits per heavy atom. The third kappa shape index (κ3) is 5.28. The number of ether oxygens (including phenoxy) is 2. The number of oxazole rings is 1. The number of benzene rings is 2. The zero-order valence-corrected chi connectivity index (χ0v) is 21.4. The molecule has 0 bridgehead atoms. The lowest BCUT2D eigenvalue weighted by atomic mass is 10.1. The fraction of sp³-hybridized carbons (Fsp3) is 0.357. The molecule has 0 aliphatic carbocycles. The van der Waals surface area contributed by atoms with Gasteiger partial charge in [-0.05, 0) is 55.2 Å². The summed E-state index contributed by atoms with van der Waals surface area (Å²) in [5.41, 5.74) is 5.68. The molecule has 9 heteroatoms. The predicted molar refractivity (Wildman–Crippen MR) is 139 cm³/mol. The Hall–Kier alpha value is -3.20. The summed E-state index contributed by atoms with van der Waals surface area (Å²) in [5.74, 6) is 0.651. The van der Waals surface area contributed by atoms with Gasteiger partial charge in [0.2, 0.25) is 0 Å². The fourth-order valence-corrected chi connectivity index (χ4v) is 4.93. The lowest BCUT2D eigenvalue weighted by Gasteiger charge is -2.29. The van der Waals surface area contributed by atoms with Crippen LogP contribution in [-0.4, -0.2) is 45.2 Å². The van der Waals surface area contributed by atoms with Gasteiger partial charge in [0.05, 0.1) is 30.2 Å². The average molecular weight is 523 g/mol. The van der Waals surface area contributed by atoms with Gasteiger partial charge in [0.15, 0.2) is 0 Å². The van der Waals surface area contributed by atoms with Crippen molar-refractivity contribution < 1.29 is 18.3 Å². The van der Waals surface area contributed by atoms with Crippen LogP contribution in [0.3, 0.4) is 0 Å². The standard InChI is InChI=1S/C28H28ClFN4O3/c1-18-2-5-24-26(12-18)34(14-22-8-11-35-22)27(31-24)15-33-9-6-19(7-10-33)25-17-37-28(32-25)36-16-20-3-4-21(29)13-23(20)30/h2-6,12-13,17,22H,7-11,14-16H2,1H3. The second-order valence-electron chi connectivity index (χ2n) is 9.65. The molecule has 0 amide bonds. The van der Waals surface area contributed by atoms with E-state index in [1.54, 1.807) is 18.4 Å². The van der Waals surface area contributed by atoms with E-state index < -0.39 is 5.82 Å². The summed E-state index contributed by atoms with van der Waals surface area (Å²) in [6.07, 6.45) is 6.09. The first kappa shape index (κ1) is 24.2. The first-order valence-electron chi connectivity index (χ1n) is 12.5. The molecule has 4 aromatic rings. The largest absolute Gasteiger partial charge is 0.445 e. The molecule has 1 saturated heterocycles. The third-order valence-corrected chi connectivity index (χ3v) is 7.23. The minimum absolute atomic E-state index is 0.0161. The SMILES string of the molecule is Cc1ccc2nc(CN3CC=C(c4coc(OCc5ccc(Cl)cc5F)n4)CC3)n(CC3CCO3)c2c1. The second-order valence-corrected chi connectivity index (χ2v) is 10.1. The number of nitrogens with zero attached hydrogens (tertiary/aromatic N) is 4. The smallest absolute Gasteiger partial charge is 0.394 e. The van der Waals surface area contributed by atoms with Crippen LogP contribution in [0.5, 0.6) is 6.08 Å². The molecular formula is C28H28ClFN4O3. The van der Waals surface area contributed by atoms with Gasteiger partial charge < -0.3 is 18.5 Å². The maximum Gasteiger partial charge on any atom is 0.394 e. The molecule has 2 aromatic heterocycles. The van der Waals surface area contributed by atoms with Gasteiger partial charge >= 0.3 is 6.08 Å². The van der Waals surface area contributed by atoms with Gasteiger partial charge in [0.1, 0.15) is 30.2 Å². The molecule has 0 N–H and O–H groups in total. The van der Waals surface area contributed by atoms with Crippen molar-refractivity contribution in [2.24, 2.45) is 0 Å². The Bertz CT molecular complexity index is 1460. The number of aromatic nitrogens is 3. The molecule has 37 heavy (non-hydrogen) atoms. The van der Waals surface area contributed by atoms with Crippen LogP contribution < -0.4 is 4.74 Å².